The van der Waals surface area contributed by atoms with Crippen LogP contribution in [-0.2, 0) is 0 Å². The molecule has 0 aliphatic heterocycles. The molecular weight excluding hydrogens is 262 g/mol. The topological polar surface area (TPSA) is 37.8 Å². The summed E-state index contributed by atoms with van der Waals surface area (Å²) < 4.78 is 1.03. The van der Waals surface area contributed by atoms with Crippen LogP contribution < -0.4 is 5.32 Å². The summed E-state index contributed by atoms with van der Waals surface area (Å²) in [7, 11) is 0. The molecular formula is C13H17N3S2. The van der Waals surface area contributed by atoms with Gasteiger partial charge < -0.3 is 5.32 Å². The van der Waals surface area contributed by atoms with Gasteiger partial charge in [0.05, 0.1) is 0 Å². The van der Waals surface area contributed by atoms with E-state index in [0.29, 0.717) is 5.92 Å². The Morgan fingerprint density at radius 3 is 2.89 bits per heavy atom. The molecule has 0 amide bonds. The number of rotatable bonds is 5. The molecule has 2 aromatic rings. The van der Waals surface area contributed by atoms with Crippen molar-refractivity contribution in [2.24, 2.45) is 5.92 Å². The van der Waals surface area contributed by atoms with Crippen molar-refractivity contribution < 1.29 is 0 Å². The molecule has 0 saturated carbocycles. The minimum atomic E-state index is 0.673. The molecule has 0 aliphatic carbocycles. The number of aromatic nitrogens is 2. The highest BCUT2D eigenvalue weighted by Gasteiger charge is 2.06. The minimum absolute atomic E-state index is 0.673. The van der Waals surface area contributed by atoms with Gasteiger partial charge in [-0.2, -0.15) is 0 Å². The van der Waals surface area contributed by atoms with Crippen LogP contribution in [-0.4, -0.2) is 16.0 Å². The smallest absolute Gasteiger partial charge is 0.210 e. The Kier molecular flexibility index (Phi) is 4.60. The second-order valence-electron chi connectivity index (χ2n) is 4.57. The van der Waals surface area contributed by atoms with E-state index in [1.165, 1.54) is 5.56 Å². The normalized spacial score (nSPS) is 10.9. The molecule has 1 aromatic heterocycles. The molecule has 0 atom stereocenters. The van der Waals surface area contributed by atoms with E-state index in [1.54, 1.807) is 23.1 Å². The van der Waals surface area contributed by atoms with Crippen molar-refractivity contribution in [3.63, 3.8) is 0 Å². The lowest BCUT2D eigenvalue weighted by Gasteiger charge is -2.02. The third-order valence-electron chi connectivity index (χ3n) is 2.22. The average molecular weight is 279 g/mol. The lowest BCUT2D eigenvalue weighted by molar-refractivity contribution is 0.749. The van der Waals surface area contributed by atoms with Gasteiger partial charge >= 0.3 is 0 Å². The van der Waals surface area contributed by atoms with E-state index in [4.69, 9.17) is 0 Å². The molecule has 0 bridgehead atoms. The third-order valence-corrected chi connectivity index (χ3v) is 4.61. The van der Waals surface area contributed by atoms with Crippen LogP contribution >= 0.6 is 23.1 Å². The highest BCUT2D eigenvalue weighted by atomic mass is 32.2. The predicted octanol–water partition coefficient (Wildman–Crippen LogP) is 4.34. The molecule has 0 unspecified atom stereocenters. The van der Waals surface area contributed by atoms with Gasteiger partial charge in [-0.15, -0.1) is 10.2 Å². The summed E-state index contributed by atoms with van der Waals surface area (Å²) in [5, 5.41) is 12.5. The predicted molar refractivity (Wildman–Crippen MR) is 79.9 cm³/mol. The van der Waals surface area contributed by atoms with Gasteiger partial charge in [0, 0.05) is 11.4 Å². The van der Waals surface area contributed by atoms with Crippen LogP contribution in [0.25, 0.3) is 0 Å². The Bertz CT molecular complexity index is 508. The first-order valence-corrected chi connectivity index (χ1v) is 7.73. The van der Waals surface area contributed by atoms with Crippen LogP contribution in [0.3, 0.4) is 0 Å². The lowest BCUT2D eigenvalue weighted by atomic mass is 10.2. The van der Waals surface area contributed by atoms with Crippen LogP contribution in [0.5, 0.6) is 0 Å². The zero-order valence-electron chi connectivity index (χ0n) is 10.8. The van der Waals surface area contributed by atoms with Crippen LogP contribution in [0, 0.1) is 12.8 Å². The fourth-order valence-electron chi connectivity index (χ4n) is 1.40. The third kappa shape index (κ3) is 3.99. The highest BCUT2D eigenvalue weighted by Crippen LogP contribution is 2.28. The number of nitrogens with zero attached hydrogens (tertiary/aromatic N) is 2. The number of nitrogens with one attached hydrogen (secondary N) is 1. The number of thioether (sulfide) groups is 1. The number of hydrogen-bond acceptors (Lipinski definition) is 5. The first kappa shape index (κ1) is 13.4. The van der Waals surface area contributed by atoms with Crippen molar-refractivity contribution in [2.75, 3.05) is 11.1 Å². The summed E-state index contributed by atoms with van der Waals surface area (Å²) in [5.41, 5.74) is 2.30. The molecule has 1 N–H and O–H groups in total. The van der Waals surface area contributed by atoms with Crippen molar-refractivity contribution in [3.05, 3.63) is 29.8 Å². The Labute approximate surface area is 116 Å². The largest absolute Gasteiger partial charge is 0.330 e. The summed E-state index contributed by atoms with van der Waals surface area (Å²) in [6, 6.07) is 8.25. The lowest BCUT2D eigenvalue weighted by Crippen LogP contribution is -1.89. The summed E-state index contributed by atoms with van der Waals surface area (Å²) in [4.78, 5) is 0. The van der Waals surface area contributed by atoms with E-state index in [0.717, 1.165) is 20.9 Å². The number of aryl methyl sites for hydroxylation is 1. The second-order valence-corrected chi connectivity index (χ2v) is 6.82. The molecule has 2 rings (SSSR count). The van der Waals surface area contributed by atoms with Crippen molar-refractivity contribution in [1.29, 1.82) is 0 Å². The van der Waals surface area contributed by atoms with Crippen molar-refractivity contribution in [2.45, 2.75) is 25.1 Å². The van der Waals surface area contributed by atoms with Gasteiger partial charge in [0.2, 0.25) is 5.13 Å². The SMILES string of the molecule is Cc1cccc(Nc2nnc(SCC(C)C)s2)c1. The summed E-state index contributed by atoms with van der Waals surface area (Å²) in [5.74, 6) is 1.76. The maximum Gasteiger partial charge on any atom is 0.210 e. The average Bonchev–Trinajstić information content (AvgIpc) is 2.74. The first-order valence-electron chi connectivity index (χ1n) is 5.93. The van der Waals surface area contributed by atoms with E-state index in [1.807, 2.05) is 12.1 Å². The molecule has 1 aromatic carbocycles. The molecule has 5 heteroatoms. The molecule has 96 valence electrons. The van der Waals surface area contributed by atoms with E-state index >= 15 is 0 Å². The number of benzene rings is 1. The van der Waals surface area contributed by atoms with Crippen LogP contribution in [0.1, 0.15) is 19.4 Å². The second kappa shape index (κ2) is 6.20. The molecule has 0 spiro atoms. The minimum Gasteiger partial charge on any atom is -0.330 e. The van der Waals surface area contributed by atoms with E-state index in [-0.39, 0.29) is 0 Å². The van der Waals surface area contributed by atoms with Crippen LogP contribution in [0.15, 0.2) is 28.6 Å². The molecule has 0 aliphatic rings. The van der Waals surface area contributed by atoms with Gasteiger partial charge in [-0.05, 0) is 30.5 Å². The molecule has 1 heterocycles. The maximum absolute atomic E-state index is 4.18. The number of hydrogen-bond donors (Lipinski definition) is 1. The van der Waals surface area contributed by atoms with Gasteiger partial charge in [-0.25, -0.2) is 0 Å². The fraction of sp³-hybridized carbons (Fsp3) is 0.385. The molecule has 3 nitrogen and oxygen atoms in total. The zero-order valence-corrected chi connectivity index (χ0v) is 12.4. The van der Waals surface area contributed by atoms with Gasteiger partial charge in [-0.3, -0.25) is 0 Å². The van der Waals surface area contributed by atoms with Crippen molar-refractivity contribution in [1.82, 2.24) is 10.2 Å². The summed E-state index contributed by atoms with van der Waals surface area (Å²) in [6.45, 7) is 6.50. The number of anilines is 2. The monoisotopic (exact) mass is 279 g/mol. The van der Waals surface area contributed by atoms with E-state index < -0.39 is 0 Å². The molecule has 18 heavy (non-hydrogen) atoms. The van der Waals surface area contributed by atoms with Crippen LogP contribution in [0.4, 0.5) is 10.8 Å². The quantitative estimate of drug-likeness (QED) is 0.826. The first-order chi connectivity index (χ1) is 8.63. The molecule has 0 fully saturated rings. The maximum atomic E-state index is 4.18. The standard InChI is InChI=1S/C13H17N3S2/c1-9(2)8-17-13-16-15-12(18-13)14-11-6-4-5-10(3)7-11/h4-7,9H,8H2,1-3H3,(H,14,15). The Morgan fingerprint density at radius 2 is 2.17 bits per heavy atom. The fourth-order valence-corrected chi connectivity index (χ4v) is 3.15. The van der Waals surface area contributed by atoms with Crippen LogP contribution in [0.2, 0.25) is 0 Å². The Morgan fingerprint density at radius 1 is 1.33 bits per heavy atom. The molecule has 0 saturated heterocycles. The van der Waals surface area contributed by atoms with E-state index in [2.05, 4.69) is 48.4 Å². The summed E-state index contributed by atoms with van der Waals surface area (Å²) in [6.07, 6.45) is 0. The van der Waals surface area contributed by atoms with Gasteiger partial charge in [0.1, 0.15) is 0 Å². The summed E-state index contributed by atoms with van der Waals surface area (Å²) >= 11 is 3.37. The van der Waals surface area contributed by atoms with Crippen molar-refractivity contribution in [3.8, 4) is 0 Å². The highest BCUT2D eigenvalue weighted by molar-refractivity contribution is 8.01. The van der Waals surface area contributed by atoms with Gasteiger partial charge in [0.15, 0.2) is 4.34 Å². The Balaban J connectivity index is 1.98. The van der Waals surface area contributed by atoms with E-state index in [9.17, 15) is 0 Å². The Hall–Kier alpha value is -1.07. The van der Waals surface area contributed by atoms with Gasteiger partial charge in [0.25, 0.3) is 0 Å². The van der Waals surface area contributed by atoms with Crippen molar-refractivity contribution >= 4 is 33.9 Å². The van der Waals surface area contributed by atoms with Gasteiger partial charge in [-0.1, -0.05) is 49.1 Å². The zero-order chi connectivity index (χ0) is 13.0. The molecule has 0 radical (unpaired) electrons.